The van der Waals surface area contributed by atoms with Gasteiger partial charge in [-0.05, 0) is 37.1 Å². The van der Waals surface area contributed by atoms with Crippen molar-refractivity contribution in [2.75, 3.05) is 29.1 Å². The fourth-order valence-electron chi connectivity index (χ4n) is 3.03. The standard InChI is InChI=1S/C18H21N5O2S/c1-2-26(24,25)16-5-3-15(4-6-16)23-11-7-14(8-12-23)22-18-17(13-19)20-9-10-21-18/h3-6,9-10,14H,2,7-8,11-12H2,1H3,(H,21,22). The third-order valence-electron chi connectivity index (χ3n) is 4.58. The van der Waals surface area contributed by atoms with Crippen LogP contribution in [0.3, 0.4) is 0 Å². The third-order valence-corrected chi connectivity index (χ3v) is 6.33. The van der Waals surface area contributed by atoms with Crippen LogP contribution in [0.5, 0.6) is 0 Å². The number of piperidine rings is 1. The Hall–Kier alpha value is -2.66. The van der Waals surface area contributed by atoms with Gasteiger partial charge in [0.25, 0.3) is 0 Å². The topological polar surface area (TPSA) is 99.0 Å². The average Bonchev–Trinajstić information content (AvgIpc) is 2.69. The maximum atomic E-state index is 11.9. The number of sulfone groups is 1. The molecule has 136 valence electrons. The van der Waals surface area contributed by atoms with Crippen molar-refractivity contribution in [3.8, 4) is 6.07 Å². The number of rotatable bonds is 5. The van der Waals surface area contributed by atoms with E-state index in [1.54, 1.807) is 25.3 Å². The first-order valence-electron chi connectivity index (χ1n) is 8.59. The van der Waals surface area contributed by atoms with Gasteiger partial charge >= 0.3 is 0 Å². The molecule has 0 amide bonds. The summed E-state index contributed by atoms with van der Waals surface area (Å²) < 4.78 is 23.8. The summed E-state index contributed by atoms with van der Waals surface area (Å²) in [6, 6.07) is 9.37. The molecule has 1 fully saturated rings. The van der Waals surface area contributed by atoms with Crippen LogP contribution in [0, 0.1) is 11.3 Å². The molecular weight excluding hydrogens is 350 g/mol. The average molecular weight is 371 g/mol. The van der Waals surface area contributed by atoms with Crippen LogP contribution >= 0.6 is 0 Å². The summed E-state index contributed by atoms with van der Waals surface area (Å²) in [6.45, 7) is 3.34. The summed E-state index contributed by atoms with van der Waals surface area (Å²) in [7, 11) is -3.16. The number of nitriles is 1. The first kappa shape index (κ1) is 18.1. The second kappa shape index (κ2) is 7.70. The van der Waals surface area contributed by atoms with E-state index in [0.29, 0.717) is 16.4 Å². The predicted octanol–water partition coefficient (Wildman–Crippen LogP) is 2.22. The molecule has 26 heavy (non-hydrogen) atoms. The quantitative estimate of drug-likeness (QED) is 0.860. The highest BCUT2D eigenvalue weighted by Crippen LogP contribution is 2.24. The minimum absolute atomic E-state index is 0.108. The summed E-state index contributed by atoms with van der Waals surface area (Å²) in [5.41, 5.74) is 1.33. The van der Waals surface area contributed by atoms with Gasteiger partial charge in [0.15, 0.2) is 21.3 Å². The van der Waals surface area contributed by atoms with Crippen LogP contribution in [0.1, 0.15) is 25.5 Å². The molecule has 0 unspecified atom stereocenters. The molecule has 2 aromatic rings. The maximum absolute atomic E-state index is 11.9. The van der Waals surface area contributed by atoms with Crippen LogP contribution in [0.4, 0.5) is 11.5 Å². The van der Waals surface area contributed by atoms with Crippen LogP contribution in [-0.4, -0.2) is 43.3 Å². The number of anilines is 2. The van der Waals surface area contributed by atoms with Crippen molar-refractivity contribution in [1.29, 1.82) is 5.26 Å². The molecule has 1 saturated heterocycles. The first-order valence-corrected chi connectivity index (χ1v) is 10.2. The third kappa shape index (κ3) is 3.94. The van der Waals surface area contributed by atoms with Gasteiger partial charge in [0.05, 0.1) is 10.6 Å². The van der Waals surface area contributed by atoms with E-state index in [0.717, 1.165) is 31.6 Å². The Bertz CT molecular complexity index is 898. The summed E-state index contributed by atoms with van der Waals surface area (Å²) in [4.78, 5) is 10.8. The summed E-state index contributed by atoms with van der Waals surface area (Å²) in [5.74, 6) is 0.638. The van der Waals surface area contributed by atoms with E-state index in [1.165, 1.54) is 6.20 Å². The number of hydrogen-bond donors (Lipinski definition) is 1. The van der Waals surface area contributed by atoms with Crippen LogP contribution in [0.2, 0.25) is 0 Å². The highest BCUT2D eigenvalue weighted by Gasteiger charge is 2.21. The van der Waals surface area contributed by atoms with Gasteiger partial charge in [-0.25, -0.2) is 18.4 Å². The molecule has 0 atom stereocenters. The Kier molecular flexibility index (Phi) is 5.38. The highest BCUT2D eigenvalue weighted by atomic mass is 32.2. The molecule has 0 aliphatic carbocycles. The molecule has 1 aliphatic heterocycles. The monoisotopic (exact) mass is 371 g/mol. The molecule has 0 spiro atoms. The number of nitrogens with zero attached hydrogens (tertiary/aromatic N) is 4. The van der Waals surface area contributed by atoms with Crippen molar-refractivity contribution >= 4 is 21.3 Å². The summed E-state index contributed by atoms with van der Waals surface area (Å²) in [6.07, 6.45) is 4.88. The Morgan fingerprint density at radius 3 is 2.46 bits per heavy atom. The Morgan fingerprint density at radius 1 is 1.19 bits per heavy atom. The lowest BCUT2D eigenvalue weighted by Crippen LogP contribution is -2.39. The number of aromatic nitrogens is 2. The van der Waals surface area contributed by atoms with Gasteiger partial charge in [0.2, 0.25) is 0 Å². The smallest absolute Gasteiger partial charge is 0.182 e. The lowest BCUT2D eigenvalue weighted by Gasteiger charge is -2.34. The highest BCUT2D eigenvalue weighted by molar-refractivity contribution is 7.91. The Balaban J connectivity index is 1.61. The van der Waals surface area contributed by atoms with Crippen LogP contribution in [0.15, 0.2) is 41.6 Å². The van der Waals surface area contributed by atoms with Gasteiger partial charge in [-0.3, -0.25) is 0 Å². The van der Waals surface area contributed by atoms with E-state index in [4.69, 9.17) is 5.26 Å². The molecule has 0 bridgehead atoms. The molecule has 2 heterocycles. The van der Waals surface area contributed by atoms with E-state index in [9.17, 15) is 8.42 Å². The maximum Gasteiger partial charge on any atom is 0.182 e. The zero-order valence-electron chi connectivity index (χ0n) is 14.6. The first-order chi connectivity index (χ1) is 12.5. The zero-order chi connectivity index (χ0) is 18.6. The molecule has 3 rings (SSSR count). The molecule has 1 N–H and O–H groups in total. The fraction of sp³-hybridized carbons (Fsp3) is 0.389. The molecular formula is C18H21N5O2S. The van der Waals surface area contributed by atoms with Crippen molar-refractivity contribution < 1.29 is 8.42 Å². The van der Waals surface area contributed by atoms with Gasteiger partial charge in [0, 0.05) is 37.2 Å². The normalized spacial score (nSPS) is 15.5. The molecule has 1 aromatic heterocycles. The van der Waals surface area contributed by atoms with Gasteiger partial charge in [-0.1, -0.05) is 6.92 Å². The molecule has 0 radical (unpaired) electrons. The largest absolute Gasteiger partial charge is 0.371 e. The van der Waals surface area contributed by atoms with Crippen LogP contribution < -0.4 is 10.2 Å². The van der Waals surface area contributed by atoms with E-state index in [1.807, 2.05) is 18.2 Å². The lowest BCUT2D eigenvalue weighted by molar-refractivity contribution is 0.525. The minimum atomic E-state index is -3.16. The van der Waals surface area contributed by atoms with E-state index in [-0.39, 0.29) is 11.8 Å². The van der Waals surface area contributed by atoms with Gasteiger partial charge < -0.3 is 10.2 Å². The van der Waals surface area contributed by atoms with Crippen molar-refractivity contribution in [1.82, 2.24) is 9.97 Å². The molecule has 7 nitrogen and oxygen atoms in total. The van der Waals surface area contributed by atoms with Crippen LogP contribution in [-0.2, 0) is 9.84 Å². The van der Waals surface area contributed by atoms with Crippen molar-refractivity contribution in [3.63, 3.8) is 0 Å². The number of benzene rings is 1. The van der Waals surface area contributed by atoms with Crippen molar-refractivity contribution in [2.24, 2.45) is 0 Å². The summed E-state index contributed by atoms with van der Waals surface area (Å²) in [5, 5.41) is 12.4. The molecule has 1 aliphatic rings. The number of nitrogens with one attached hydrogen (secondary N) is 1. The SMILES string of the molecule is CCS(=O)(=O)c1ccc(N2CCC(Nc3nccnc3C#N)CC2)cc1. The fourth-order valence-corrected chi connectivity index (χ4v) is 3.92. The van der Waals surface area contributed by atoms with Crippen molar-refractivity contribution in [3.05, 3.63) is 42.4 Å². The molecule has 1 aromatic carbocycles. The van der Waals surface area contributed by atoms with Gasteiger partial charge in [0.1, 0.15) is 6.07 Å². The summed E-state index contributed by atoms with van der Waals surface area (Å²) >= 11 is 0. The molecule has 8 heteroatoms. The van der Waals surface area contributed by atoms with Gasteiger partial charge in [-0.15, -0.1) is 0 Å². The van der Waals surface area contributed by atoms with Gasteiger partial charge in [-0.2, -0.15) is 5.26 Å². The van der Waals surface area contributed by atoms with E-state index >= 15 is 0 Å². The Labute approximate surface area is 153 Å². The predicted molar refractivity (Wildman–Crippen MR) is 99.8 cm³/mol. The van der Waals surface area contributed by atoms with Crippen molar-refractivity contribution in [2.45, 2.75) is 30.7 Å². The second-order valence-corrected chi connectivity index (χ2v) is 8.45. The number of hydrogen-bond acceptors (Lipinski definition) is 7. The lowest BCUT2D eigenvalue weighted by atomic mass is 10.0. The van der Waals surface area contributed by atoms with Crippen LogP contribution in [0.25, 0.3) is 0 Å². The zero-order valence-corrected chi connectivity index (χ0v) is 15.4. The Morgan fingerprint density at radius 2 is 1.85 bits per heavy atom. The minimum Gasteiger partial charge on any atom is -0.371 e. The van der Waals surface area contributed by atoms with E-state index in [2.05, 4.69) is 20.2 Å². The molecule has 0 saturated carbocycles. The van der Waals surface area contributed by atoms with E-state index < -0.39 is 9.84 Å². The second-order valence-electron chi connectivity index (χ2n) is 6.17.